The molecule has 0 bridgehead atoms. The second kappa shape index (κ2) is 8.46. The van der Waals surface area contributed by atoms with Crippen LogP contribution in [0.1, 0.15) is 36.7 Å². The fraction of sp³-hybridized carbons (Fsp3) is 0.444. The van der Waals surface area contributed by atoms with Crippen molar-refractivity contribution in [3.05, 3.63) is 47.2 Å². The summed E-state index contributed by atoms with van der Waals surface area (Å²) in [6.45, 7) is 5.50. The van der Waals surface area contributed by atoms with E-state index in [0.717, 1.165) is 53.7 Å². The quantitative estimate of drug-likeness (QED) is 0.495. The Morgan fingerprint density at radius 1 is 1.19 bits per heavy atom. The standard InChI is InChI=1S/C18H25N7O/c1-4-14-13(15(5-2)26-24-14)12-21-18(19-3)20-10-9-17-23-22-16-8-6-7-11-25(16)17/h6-8,11H,4-5,9-10,12H2,1-3H3,(H2,19,20,21). The van der Waals surface area contributed by atoms with Gasteiger partial charge in [-0.15, -0.1) is 10.2 Å². The molecule has 3 aromatic heterocycles. The lowest BCUT2D eigenvalue weighted by Crippen LogP contribution is -2.38. The third kappa shape index (κ3) is 3.84. The summed E-state index contributed by atoms with van der Waals surface area (Å²) in [4.78, 5) is 4.28. The number of fused-ring (bicyclic) bond motifs is 1. The van der Waals surface area contributed by atoms with Crippen LogP contribution in [0.5, 0.6) is 0 Å². The SMILES string of the molecule is CCc1noc(CC)c1CNC(=NC)NCCc1nnc2ccccn12. The molecule has 3 rings (SSSR count). The van der Waals surface area contributed by atoms with Crippen molar-refractivity contribution in [2.75, 3.05) is 13.6 Å². The number of nitrogens with one attached hydrogen (secondary N) is 2. The Morgan fingerprint density at radius 3 is 2.85 bits per heavy atom. The lowest BCUT2D eigenvalue weighted by atomic mass is 10.1. The van der Waals surface area contributed by atoms with Gasteiger partial charge in [0.05, 0.1) is 5.69 Å². The first-order chi connectivity index (χ1) is 12.8. The van der Waals surface area contributed by atoms with Gasteiger partial charge in [-0.3, -0.25) is 9.39 Å². The first kappa shape index (κ1) is 17.9. The average molecular weight is 355 g/mol. The van der Waals surface area contributed by atoms with Crippen LogP contribution in [0, 0.1) is 0 Å². The predicted octanol–water partition coefficient (Wildman–Crippen LogP) is 1.75. The number of rotatable bonds is 7. The smallest absolute Gasteiger partial charge is 0.191 e. The van der Waals surface area contributed by atoms with Gasteiger partial charge in [0, 0.05) is 44.7 Å². The highest BCUT2D eigenvalue weighted by Gasteiger charge is 2.13. The van der Waals surface area contributed by atoms with E-state index in [9.17, 15) is 0 Å². The van der Waals surface area contributed by atoms with E-state index in [4.69, 9.17) is 4.52 Å². The van der Waals surface area contributed by atoms with Crippen LogP contribution < -0.4 is 10.6 Å². The zero-order chi connectivity index (χ0) is 18.4. The third-order valence-electron chi connectivity index (χ3n) is 4.29. The molecule has 0 saturated heterocycles. The summed E-state index contributed by atoms with van der Waals surface area (Å²) in [5.74, 6) is 2.59. The summed E-state index contributed by atoms with van der Waals surface area (Å²) in [5, 5.41) is 19.2. The summed E-state index contributed by atoms with van der Waals surface area (Å²) in [7, 11) is 1.76. The Hall–Kier alpha value is -2.90. The van der Waals surface area contributed by atoms with Gasteiger partial charge in [-0.2, -0.15) is 0 Å². The highest BCUT2D eigenvalue weighted by molar-refractivity contribution is 5.79. The van der Waals surface area contributed by atoms with Crippen molar-refractivity contribution in [2.24, 2.45) is 4.99 Å². The topological polar surface area (TPSA) is 92.6 Å². The maximum absolute atomic E-state index is 5.40. The highest BCUT2D eigenvalue weighted by atomic mass is 16.5. The molecular weight excluding hydrogens is 330 g/mol. The van der Waals surface area contributed by atoms with Gasteiger partial charge < -0.3 is 15.2 Å². The van der Waals surface area contributed by atoms with E-state index in [-0.39, 0.29) is 0 Å². The minimum atomic E-state index is 0.642. The molecule has 0 unspecified atom stereocenters. The Balaban J connectivity index is 1.55. The Labute approximate surface area is 152 Å². The maximum atomic E-state index is 5.40. The first-order valence-electron chi connectivity index (χ1n) is 8.96. The largest absolute Gasteiger partial charge is 0.361 e. The van der Waals surface area contributed by atoms with E-state index in [1.165, 1.54) is 0 Å². The fourth-order valence-corrected chi connectivity index (χ4v) is 2.88. The molecule has 8 nitrogen and oxygen atoms in total. The van der Waals surface area contributed by atoms with Crippen molar-refractivity contribution in [3.63, 3.8) is 0 Å². The number of aliphatic imine (C=N–C) groups is 1. The molecule has 3 heterocycles. The molecule has 0 spiro atoms. The number of pyridine rings is 1. The molecule has 3 aromatic rings. The van der Waals surface area contributed by atoms with Crippen LogP contribution in [-0.2, 0) is 25.8 Å². The van der Waals surface area contributed by atoms with E-state index in [2.05, 4.69) is 44.8 Å². The van der Waals surface area contributed by atoms with Crippen molar-refractivity contribution in [3.8, 4) is 0 Å². The number of aryl methyl sites for hydroxylation is 2. The first-order valence-corrected chi connectivity index (χ1v) is 8.96. The zero-order valence-electron chi connectivity index (χ0n) is 15.5. The molecule has 0 aliphatic heterocycles. The van der Waals surface area contributed by atoms with Gasteiger partial charge in [-0.1, -0.05) is 25.1 Å². The fourth-order valence-electron chi connectivity index (χ4n) is 2.88. The van der Waals surface area contributed by atoms with Gasteiger partial charge in [0.2, 0.25) is 0 Å². The van der Waals surface area contributed by atoms with Gasteiger partial charge >= 0.3 is 0 Å². The van der Waals surface area contributed by atoms with Crippen molar-refractivity contribution >= 4 is 11.6 Å². The lowest BCUT2D eigenvalue weighted by Gasteiger charge is -2.11. The molecule has 26 heavy (non-hydrogen) atoms. The summed E-state index contributed by atoms with van der Waals surface area (Å²) < 4.78 is 7.40. The van der Waals surface area contributed by atoms with Gasteiger partial charge in [0.25, 0.3) is 0 Å². The maximum Gasteiger partial charge on any atom is 0.191 e. The van der Waals surface area contributed by atoms with E-state index in [1.54, 1.807) is 7.05 Å². The van der Waals surface area contributed by atoms with Crippen molar-refractivity contribution in [1.29, 1.82) is 0 Å². The molecule has 0 aliphatic carbocycles. The molecule has 8 heteroatoms. The molecule has 0 fully saturated rings. The lowest BCUT2D eigenvalue weighted by molar-refractivity contribution is 0.380. The normalized spacial score (nSPS) is 11.9. The van der Waals surface area contributed by atoms with Crippen LogP contribution in [0.25, 0.3) is 5.65 Å². The van der Waals surface area contributed by atoms with E-state index in [1.807, 2.05) is 28.8 Å². The molecule has 2 N–H and O–H groups in total. The summed E-state index contributed by atoms with van der Waals surface area (Å²) >= 11 is 0. The molecule has 0 aromatic carbocycles. The Morgan fingerprint density at radius 2 is 2.08 bits per heavy atom. The zero-order valence-corrected chi connectivity index (χ0v) is 15.5. The van der Waals surface area contributed by atoms with Crippen molar-refractivity contribution in [2.45, 2.75) is 39.7 Å². The van der Waals surface area contributed by atoms with E-state index < -0.39 is 0 Å². The summed E-state index contributed by atoms with van der Waals surface area (Å²) in [6.07, 6.45) is 4.41. The van der Waals surface area contributed by atoms with E-state index >= 15 is 0 Å². The monoisotopic (exact) mass is 355 g/mol. The summed E-state index contributed by atoms with van der Waals surface area (Å²) in [6, 6.07) is 5.88. The molecular formula is C18H25N7O. The minimum Gasteiger partial charge on any atom is -0.361 e. The van der Waals surface area contributed by atoms with Crippen LogP contribution in [0.3, 0.4) is 0 Å². The van der Waals surface area contributed by atoms with Gasteiger partial charge in [-0.25, -0.2) is 0 Å². The van der Waals surface area contributed by atoms with Gasteiger partial charge in [0.15, 0.2) is 11.6 Å². The summed E-state index contributed by atoms with van der Waals surface area (Å²) in [5.41, 5.74) is 2.98. The van der Waals surface area contributed by atoms with Crippen LogP contribution in [0.2, 0.25) is 0 Å². The second-order valence-electron chi connectivity index (χ2n) is 5.89. The number of aromatic nitrogens is 4. The van der Waals surface area contributed by atoms with Gasteiger partial charge in [0.1, 0.15) is 11.6 Å². The highest BCUT2D eigenvalue weighted by Crippen LogP contribution is 2.15. The number of guanidine groups is 1. The molecule has 0 saturated carbocycles. The number of nitrogens with zero attached hydrogens (tertiary/aromatic N) is 5. The van der Waals surface area contributed by atoms with Crippen molar-refractivity contribution in [1.82, 2.24) is 30.4 Å². The average Bonchev–Trinajstić information content (AvgIpc) is 3.28. The number of hydrogen-bond donors (Lipinski definition) is 2. The Kier molecular flexibility index (Phi) is 5.83. The van der Waals surface area contributed by atoms with Crippen molar-refractivity contribution < 1.29 is 4.52 Å². The molecule has 0 radical (unpaired) electrons. The molecule has 0 atom stereocenters. The van der Waals surface area contributed by atoms with Gasteiger partial charge in [-0.05, 0) is 18.6 Å². The van der Waals surface area contributed by atoms with Crippen LogP contribution >= 0.6 is 0 Å². The number of hydrogen-bond acceptors (Lipinski definition) is 5. The van der Waals surface area contributed by atoms with Crippen LogP contribution in [0.15, 0.2) is 33.9 Å². The third-order valence-corrected chi connectivity index (χ3v) is 4.29. The molecule has 138 valence electrons. The minimum absolute atomic E-state index is 0.642. The Bertz CT molecular complexity index is 859. The molecule has 0 aliphatic rings. The van der Waals surface area contributed by atoms with E-state index in [0.29, 0.717) is 13.1 Å². The van der Waals surface area contributed by atoms with Crippen LogP contribution in [0.4, 0.5) is 0 Å². The van der Waals surface area contributed by atoms with Crippen LogP contribution in [-0.4, -0.2) is 39.3 Å². The second-order valence-corrected chi connectivity index (χ2v) is 5.89. The molecule has 0 amide bonds. The predicted molar refractivity (Wildman–Crippen MR) is 100 cm³/mol.